The normalized spacial score (nSPS) is 20.8. The van der Waals surface area contributed by atoms with Gasteiger partial charge in [0.2, 0.25) is 0 Å². The standard InChI is InChI=1S/C9H17N5/c1-2-5-11-7-3-4-8-9(6-7)13-14(10)12-8/h7,11H,2-6,10H2,1H3. The van der Waals surface area contributed by atoms with E-state index in [0.717, 1.165) is 37.2 Å². The van der Waals surface area contributed by atoms with Crippen LogP contribution in [0.4, 0.5) is 0 Å². The number of nitrogens with one attached hydrogen (secondary N) is 1. The minimum atomic E-state index is 0.555. The van der Waals surface area contributed by atoms with Crippen molar-refractivity contribution < 1.29 is 0 Å². The maximum atomic E-state index is 5.48. The first-order chi connectivity index (χ1) is 6.79. The first-order valence-corrected chi connectivity index (χ1v) is 5.23. The van der Waals surface area contributed by atoms with Gasteiger partial charge in [-0.05, 0) is 25.8 Å². The van der Waals surface area contributed by atoms with Crippen LogP contribution in [0.1, 0.15) is 31.2 Å². The molecule has 1 unspecified atom stereocenters. The second-order valence-electron chi connectivity index (χ2n) is 3.81. The molecule has 1 aromatic rings. The van der Waals surface area contributed by atoms with Gasteiger partial charge in [-0.15, -0.1) is 10.2 Å². The molecule has 0 bridgehead atoms. The lowest BCUT2D eigenvalue weighted by Gasteiger charge is -2.21. The van der Waals surface area contributed by atoms with E-state index in [-0.39, 0.29) is 0 Å². The number of rotatable bonds is 3. The second-order valence-corrected chi connectivity index (χ2v) is 3.81. The Labute approximate surface area is 83.6 Å². The molecule has 1 heterocycles. The summed E-state index contributed by atoms with van der Waals surface area (Å²) in [4.78, 5) is 1.19. The topological polar surface area (TPSA) is 68.8 Å². The van der Waals surface area contributed by atoms with Crippen LogP contribution in [-0.2, 0) is 12.8 Å². The molecule has 0 aromatic carbocycles. The zero-order valence-corrected chi connectivity index (χ0v) is 8.53. The number of nitrogens with zero attached hydrogens (tertiary/aromatic N) is 3. The van der Waals surface area contributed by atoms with Gasteiger partial charge in [0.1, 0.15) is 0 Å². The van der Waals surface area contributed by atoms with Crippen molar-refractivity contribution in [3.05, 3.63) is 11.4 Å². The van der Waals surface area contributed by atoms with E-state index in [9.17, 15) is 0 Å². The summed E-state index contributed by atoms with van der Waals surface area (Å²) in [6.07, 6.45) is 4.28. The third-order valence-corrected chi connectivity index (χ3v) is 2.63. The molecule has 1 atom stereocenters. The summed E-state index contributed by atoms with van der Waals surface area (Å²) in [6.45, 7) is 3.26. The van der Waals surface area contributed by atoms with Crippen LogP contribution in [0.25, 0.3) is 0 Å². The lowest BCUT2D eigenvalue weighted by molar-refractivity contribution is 0.453. The van der Waals surface area contributed by atoms with Crippen molar-refractivity contribution in [1.82, 2.24) is 20.4 Å². The highest BCUT2D eigenvalue weighted by molar-refractivity contribution is 5.14. The van der Waals surface area contributed by atoms with Crippen molar-refractivity contribution in [3.8, 4) is 0 Å². The Morgan fingerprint density at radius 2 is 2.29 bits per heavy atom. The van der Waals surface area contributed by atoms with Gasteiger partial charge >= 0.3 is 0 Å². The lowest BCUT2D eigenvalue weighted by Crippen LogP contribution is -2.35. The van der Waals surface area contributed by atoms with Crippen molar-refractivity contribution in [2.24, 2.45) is 0 Å². The van der Waals surface area contributed by atoms with Crippen LogP contribution in [0.5, 0.6) is 0 Å². The van der Waals surface area contributed by atoms with Crippen LogP contribution in [-0.4, -0.2) is 27.7 Å². The minimum Gasteiger partial charge on any atom is -0.314 e. The molecule has 14 heavy (non-hydrogen) atoms. The molecule has 0 aliphatic heterocycles. The van der Waals surface area contributed by atoms with Crippen molar-refractivity contribution in [2.45, 2.75) is 38.6 Å². The fraction of sp³-hybridized carbons (Fsp3) is 0.778. The molecule has 3 N–H and O–H groups in total. The van der Waals surface area contributed by atoms with Gasteiger partial charge in [0, 0.05) is 12.5 Å². The molecule has 5 heteroatoms. The van der Waals surface area contributed by atoms with E-state index < -0.39 is 0 Å². The summed E-state index contributed by atoms with van der Waals surface area (Å²) in [6, 6.07) is 0.555. The summed E-state index contributed by atoms with van der Waals surface area (Å²) in [7, 11) is 0. The molecular formula is C9H17N5. The highest BCUT2D eigenvalue weighted by Crippen LogP contribution is 2.17. The third kappa shape index (κ3) is 1.87. The molecule has 1 aliphatic carbocycles. The number of hydrogen-bond donors (Lipinski definition) is 2. The quantitative estimate of drug-likeness (QED) is 0.658. The molecule has 78 valence electrons. The summed E-state index contributed by atoms with van der Waals surface area (Å²) >= 11 is 0. The first-order valence-electron chi connectivity index (χ1n) is 5.23. The number of aryl methyl sites for hydroxylation is 1. The SMILES string of the molecule is CCCNC1CCc2nn(N)nc2C1. The molecule has 2 rings (SSSR count). The van der Waals surface area contributed by atoms with Gasteiger partial charge in [-0.25, -0.2) is 0 Å². The maximum absolute atomic E-state index is 5.48. The zero-order chi connectivity index (χ0) is 9.97. The van der Waals surface area contributed by atoms with Crippen molar-refractivity contribution in [1.29, 1.82) is 0 Å². The van der Waals surface area contributed by atoms with E-state index in [1.807, 2.05) is 0 Å². The Hall–Kier alpha value is -1.10. The lowest BCUT2D eigenvalue weighted by atomic mass is 9.96. The number of fused-ring (bicyclic) bond motifs is 1. The number of nitrogens with two attached hydrogens (primary N) is 1. The smallest absolute Gasteiger partial charge is 0.0896 e. The van der Waals surface area contributed by atoms with Crippen LogP contribution in [0.15, 0.2) is 0 Å². The van der Waals surface area contributed by atoms with Crippen molar-refractivity contribution >= 4 is 0 Å². The molecule has 0 amide bonds. The van der Waals surface area contributed by atoms with Gasteiger partial charge in [0.15, 0.2) is 0 Å². The Bertz CT molecular complexity index is 306. The van der Waals surface area contributed by atoms with Crippen LogP contribution in [0, 0.1) is 0 Å². The van der Waals surface area contributed by atoms with Gasteiger partial charge in [-0.1, -0.05) is 11.8 Å². The monoisotopic (exact) mass is 195 g/mol. The van der Waals surface area contributed by atoms with E-state index in [4.69, 9.17) is 5.84 Å². The number of nitrogen functional groups attached to an aromatic ring is 1. The molecule has 0 saturated heterocycles. The largest absolute Gasteiger partial charge is 0.314 e. The van der Waals surface area contributed by atoms with E-state index in [2.05, 4.69) is 22.4 Å². The maximum Gasteiger partial charge on any atom is 0.0896 e. The second kappa shape index (κ2) is 3.96. The van der Waals surface area contributed by atoms with Gasteiger partial charge in [0.25, 0.3) is 0 Å². The number of hydrogen-bond acceptors (Lipinski definition) is 4. The van der Waals surface area contributed by atoms with Crippen LogP contribution < -0.4 is 11.2 Å². The Morgan fingerprint density at radius 1 is 1.50 bits per heavy atom. The zero-order valence-electron chi connectivity index (χ0n) is 8.53. The minimum absolute atomic E-state index is 0.555. The van der Waals surface area contributed by atoms with Crippen LogP contribution in [0.3, 0.4) is 0 Å². The molecule has 5 nitrogen and oxygen atoms in total. The molecule has 0 spiro atoms. The molecular weight excluding hydrogens is 178 g/mol. The molecule has 0 radical (unpaired) electrons. The van der Waals surface area contributed by atoms with Gasteiger partial charge in [-0.3, -0.25) is 0 Å². The highest BCUT2D eigenvalue weighted by Gasteiger charge is 2.21. The average Bonchev–Trinajstić information content (AvgIpc) is 2.54. The third-order valence-electron chi connectivity index (χ3n) is 2.63. The molecule has 1 aliphatic rings. The van der Waals surface area contributed by atoms with E-state index in [0.29, 0.717) is 6.04 Å². The van der Waals surface area contributed by atoms with Crippen molar-refractivity contribution in [3.63, 3.8) is 0 Å². The molecule has 0 saturated carbocycles. The summed E-state index contributed by atoms with van der Waals surface area (Å²) in [5, 5.41) is 11.8. The Morgan fingerprint density at radius 3 is 3.07 bits per heavy atom. The Kier molecular flexibility index (Phi) is 2.67. The van der Waals surface area contributed by atoms with E-state index >= 15 is 0 Å². The fourth-order valence-corrected chi connectivity index (χ4v) is 1.91. The summed E-state index contributed by atoms with van der Waals surface area (Å²) in [5.41, 5.74) is 2.13. The van der Waals surface area contributed by atoms with Gasteiger partial charge in [-0.2, -0.15) is 0 Å². The highest BCUT2D eigenvalue weighted by atomic mass is 15.6. The molecule has 1 aromatic heterocycles. The fourth-order valence-electron chi connectivity index (χ4n) is 1.91. The van der Waals surface area contributed by atoms with Crippen LogP contribution in [0.2, 0.25) is 0 Å². The predicted molar refractivity (Wildman–Crippen MR) is 54.3 cm³/mol. The predicted octanol–water partition coefficient (Wildman–Crippen LogP) is -0.151. The van der Waals surface area contributed by atoms with Gasteiger partial charge < -0.3 is 11.2 Å². The van der Waals surface area contributed by atoms with E-state index in [1.54, 1.807) is 0 Å². The summed E-state index contributed by atoms with van der Waals surface area (Å²) in [5.74, 6) is 5.48. The number of aromatic nitrogens is 3. The van der Waals surface area contributed by atoms with Crippen LogP contribution >= 0.6 is 0 Å². The van der Waals surface area contributed by atoms with Gasteiger partial charge in [0.05, 0.1) is 11.4 Å². The molecule has 0 fully saturated rings. The first kappa shape index (κ1) is 9.45. The van der Waals surface area contributed by atoms with E-state index in [1.165, 1.54) is 11.3 Å². The van der Waals surface area contributed by atoms with Crippen molar-refractivity contribution in [2.75, 3.05) is 12.4 Å². The Balaban J connectivity index is 1.98. The summed E-state index contributed by atoms with van der Waals surface area (Å²) < 4.78 is 0. The average molecular weight is 195 g/mol.